The molecule has 0 aliphatic rings. The molecular weight excluding hydrogens is 612 g/mol. The highest BCUT2D eigenvalue weighted by Gasteiger charge is 2.18. The molecule has 31 heavy (non-hydrogen) atoms. The molecule has 4 aromatic rings. The number of hydrogen-bond donors (Lipinski definition) is 0. The molecule has 0 amide bonds. The molecule has 3 nitrogen and oxygen atoms in total. The Morgan fingerprint density at radius 1 is 0.581 bits per heavy atom. The van der Waals surface area contributed by atoms with E-state index in [0.29, 0.717) is 0 Å². The van der Waals surface area contributed by atoms with Gasteiger partial charge in [-0.15, -0.1) is 0 Å². The summed E-state index contributed by atoms with van der Waals surface area (Å²) in [5.41, 5.74) is 5.57. The van der Waals surface area contributed by atoms with Gasteiger partial charge >= 0.3 is 0 Å². The van der Waals surface area contributed by atoms with Crippen molar-refractivity contribution in [1.82, 2.24) is 0 Å². The lowest BCUT2D eigenvalue weighted by Gasteiger charge is -2.28. The van der Waals surface area contributed by atoms with Crippen LogP contribution in [0.5, 0.6) is 11.5 Å². The maximum atomic E-state index is 5.37. The second-order valence-corrected chi connectivity index (χ2v) is 9.39. The monoisotopic (exact) mass is 633 g/mol. The van der Waals surface area contributed by atoms with Gasteiger partial charge in [0.2, 0.25) is 0 Å². The summed E-state index contributed by atoms with van der Waals surface area (Å²) in [6.45, 7) is 0. The predicted molar refractivity (Wildman–Crippen MR) is 145 cm³/mol. The molecule has 0 aliphatic heterocycles. The molecule has 4 rings (SSSR count). The molecule has 0 aliphatic carbocycles. The topological polar surface area (TPSA) is 21.7 Å². The van der Waals surface area contributed by atoms with E-state index < -0.39 is 0 Å². The summed E-state index contributed by atoms with van der Waals surface area (Å²) in [6.07, 6.45) is 0. The fourth-order valence-electron chi connectivity index (χ4n) is 3.45. The molecule has 0 unspecified atom stereocenters. The van der Waals surface area contributed by atoms with Gasteiger partial charge in [-0.25, -0.2) is 0 Å². The van der Waals surface area contributed by atoms with Crippen LogP contribution in [-0.4, -0.2) is 14.2 Å². The third kappa shape index (κ3) is 4.98. The molecule has 0 radical (unpaired) electrons. The van der Waals surface area contributed by atoms with Crippen LogP contribution >= 0.6 is 45.2 Å². The van der Waals surface area contributed by atoms with E-state index in [1.807, 2.05) is 24.3 Å². The lowest BCUT2D eigenvalue weighted by Crippen LogP contribution is -2.11. The molecular formula is C26H21I2NO2. The van der Waals surface area contributed by atoms with E-state index in [-0.39, 0.29) is 0 Å². The number of hydrogen-bond acceptors (Lipinski definition) is 3. The van der Waals surface area contributed by atoms with Gasteiger partial charge in [0.15, 0.2) is 0 Å². The van der Waals surface area contributed by atoms with Gasteiger partial charge in [0, 0.05) is 24.1 Å². The highest BCUT2D eigenvalue weighted by Crippen LogP contribution is 2.42. The van der Waals surface area contributed by atoms with E-state index in [0.717, 1.165) is 28.6 Å². The summed E-state index contributed by atoms with van der Waals surface area (Å²) in [6, 6.07) is 31.5. The van der Waals surface area contributed by atoms with E-state index in [1.165, 1.54) is 18.3 Å². The van der Waals surface area contributed by atoms with Crippen LogP contribution in [0.4, 0.5) is 17.1 Å². The summed E-state index contributed by atoms with van der Waals surface area (Å²) in [7, 11) is 3.37. The van der Waals surface area contributed by atoms with E-state index in [1.54, 1.807) is 14.2 Å². The van der Waals surface area contributed by atoms with Crippen LogP contribution in [0.1, 0.15) is 0 Å². The Morgan fingerprint density at radius 3 is 1.55 bits per heavy atom. The first-order chi connectivity index (χ1) is 15.1. The van der Waals surface area contributed by atoms with Gasteiger partial charge in [-0.2, -0.15) is 0 Å². The Hall–Kier alpha value is -2.26. The van der Waals surface area contributed by atoms with Gasteiger partial charge in [0.25, 0.3) is 0 Å². The Balaban J connectivity index is 1.91. The molecule has 0 saturated carbocycles. The molecule has 0 spiro atoms. The Labute approximate surface area is 210 Å². The number of ether oxygens (including phenoxy) is 2. The van der Waals surface area contributed by atoms with Crippen molar-refractivity contribution in [2.45, 2.75) is 0 Å². The zero-order chi connectivity index (χ0) is 21.8. The van der Waals surface area contributed by atoms with Crippen molar-refractivity contribution < 1.29 is 9.47 Å². The number of halogens is 2. The minimum Gasteiger partial charge on any atom is -0.497 e. The highest BCUT2D eigenvalue weighted by molar-refractivity contribution is 14.1. The zero-order valence-corrected chi connectivity index (χ0v) is 21.5. The molecule has 0 bridgehead atoms. The van der Waals surface area contributed by atoms with Crippen LogP contribution in [0.25, 0.3) is 11.1 Å². The van der Waals surface area contributed by atoms with E-state index in [9.17, 15) is 0 Å². The zero-order valence-electron chi connectivity index (χ0n) is 17.2. The molecule has 5 heteroatoms. The van der Waals surface area contributed by atoms with Crippen molar-refractivity contribution in [3.63, 3.8) is 0 Å². The van der Waals surface area contributed by atoms with Crippen LogP contribution in [0.3, 0.4) is 0 Å². The SMILES string of the molecule is COc1ccc(N(c2ccc(OC)cc2)c2ccc(I)cc2-c2ccc(I)cc2)cc1. The summed E-state index contributed by atoms with van der Waals surface area (Å²) in [5.74, 6) is 1.66. The fourth-order valence-corrected chi connectivity index (χ4v) is 4.30. The maximum Gasteiger partial charge on any atom is 0.119 e. The van der Waals surface area contributed by atoms with Crippen molar-refractivity contribution in [3.8, 4) is 22.6 Å². The van der Waals surface area contributed by atoms with Gasteiger partial charge in [-0.3, -0.25) is 0 Å². The van der Waals surface area contributed by atoms with Gasteiger partial charge in [-0.05, 0) is 130 Å². The Morgan fingerprint density at radius 2 is 1.06 bits per heavy atom. The third-order valence-corrected chi connectivity index (χ3v) is 6.41. The van der Waals surface area contributed by atoms with E-state index in [4.69, 9.17) is 9.47 Å². The lowest BCUT2D eigenvalue weighted by atomic mass is 10.0. The first-order valence-corrected chi connectivity index (χ1v) is 11.9. The normalized spacial score (nSPS) is 10.6. The molecule has 0 N–H and O–H groups in total. The fraction of sp³-hybridized carbons (Fsp3) is 0.0769. The minimum atomic E-state index is 0.832. The summed E-state index contributed by atoms with van der Waals surface area (Å²) in [4.78, 5) is 2.27. The van der Waals surface area contributed by atoms with Crippen LogP contribution in [0, 0.1) is 7.14 Å². The summed E-state index contributed by atoms with van der Waals surface area (Å²) >= 11 is 4.71. The predicted octanol–water partition coefficient (Wildman–Crippen LogP) is 8.05. The van der Waals surface area contributed by atoms with Crippen molar-refractivity contribution in [2.24, 2.45) is 0 Å². The largest absolute Gasteiger partial charge is 0.497 e. The van der Waals surface area contributed by atoms with Crippen LogP contribution < -0.4 is 14.4 Å². The molecule has 0 saturated heterocycles. The number of anilines is 3. The second-order valence-electron chi connectivity index (χ2n) is 6.90. The van der Waals surface area contributed by atoms with Crippen molar-refractivity contribution in [3.05, 3.63) is 98.1 Å². The van der Waals surface area contributed by atoms with Crippen LogP contribution in [0.2, 0.25) is 0 Å². The first-order valence-electron chi connectivity index (χ1n) is 9.73. The van der Waals surface area contributed by atoms with Crippen molar-refractivity contribution in [1.29, 1.82) is 0 Å². The molecule has 0 atom stereocenters. The average Bonchev–Trinajstić information content (AvgIpc) is 2.81. The van der Waals surface area contributed by atoms with Crippen molar-refractivity contribution >= 4 is 62.2 Å². The standard InChI is InChI=1S/C26H21I2NO2/c1-30-23-12-8-21(9-13-23)29(22-10-14-24(31-2)15-11-22)26-16-7-20(28)17-25(26)18-3-5-19(27)6-4-18/h3-17H,1-2H3. The number of benzene rings is 4. The van der Waals surface area contributed by atoms with E-state index >= 15 is 0 Å². The molecule has 0 heterocycles. The van der Waals surface area contributed by atoms with Crippen molar-refractivity contribution in [2.75, 3.05) is 19.1 Å². The first kappa shape index (κ1) is 22.0. The molecule has 0 aromatic heterocycles. The average molecular weight is 633 g/mol. The Bertz CT molecular complexity index is 1110. The van der Waals surface area contributed by atoms with Gasteiger partial charge in [0.1, 0.15) is 11.5 Å². The van der Waals surface area contributed by atoms with Gasteiger partial charge in [0.05, 0.1) is 19.9 Å². The lowest BCUT2D eigenvalue weighted by molar-refractivity contribution is 0.415. The smallest absolute Gasteiger partial charge is 0.119 e. The molecule has 156 valence electrons. The number of methoxy groups -OCH3 is 2. The second kappa shape index (κ2) is 9.91. The minimum absolute atomic E-state index is 0.832. The third-order valence-electron chi connectivity index (χ3n) is 5.02. The molecule has 0 fully saturated rings. The summed E-state index contributed by atoms with van der Waals surface area (Å²) < 4.78 is 13.2. The van der Waals surface area contributed by atoms with E-state index in [2.05, 4.69) is 117 Å². The summed E-state index contributed by atoms with van der Waals surface area (Å²) in [5, 5.41) is 0. The maximum absolute atomic E-state index is 5.37. The van der Waals surface area contributed by atoms with Crippen LogP contribution in [-0.2, 0) is 0 Å². The van der Waals surface area contributed by atoms with Gasteiger partial charge < -0.3 is 14.4 Å². The number of nitrogens with zero attached hydrogens (tertiary/aromatic N) is 1. The Kier molecular flexibility index (Phi) is 7.02. The quantitative estimate of drug-likeness (QED) is 0.201. The molecule has 4 aromatic carbocycles. The van der Waals surface area contributed by atoms with Crippen LogP contribution in [0.15, 0.2) is 91.0 Å². The van der Waals surface area contributed by atoms with Gasteiger partial charge in [-0.1, -0.05) is 12.1 Å². The number of rotatable bonds is 6. The highest BCUT2D eigenvalue weighted by atomic mass is 127.